The van der Waals surface area contributed by atoms with E-state index in [-0.39, 0.29) is 25.0 Å². The predicted octanol–water partition coefficient (Wildman–Crippen LogP) is 0.921. The summed E-state index contributed by atoms with van der Waals surface area (Å²) in [5, 5.41) is 15.4. The molecule has 12 nitrogen and oxygen atoms in total. The van der Waals surface area contributed by atoms with Crippen LogP contribution < -0.4 is 16.3 Å². The topological polar surface area (TPSA) is 149 Å². The number of hydrogen-bond acceptors (Lipinski definition) is 9. The molecule has 0 radical (unpaired) electrons. The SMILES string of the molecule is CCC(=O)N1CC(F)(C(=O)N2CCC(N(N)/C(C)=C(\N)c3cc(OCCN(C)C)c4c(C#N)cnn4c3)CC2)C1. The average Bonchev–Trinajstić information content (AvgIpc) is 3.36. The molecule has 2 amide bonds. The third kappa shape index (κ3) is 5.68. The number of nitrogens with zero attached hydrogens (tertiary/aromatic N) is 7. The van der Waals surface area contributed by atoms with E-state index in [1.807, 2.05) is 25.9 Å². The molecule has 216 valence electrons. The number of hydrogen-bond donors (Lipinski definition) is 2. The molecule has 2 fully saturated rings. The summed E-state index contributed by atoms with van der Waals surface area (Å²) in [6, 6.07) is 3.83. The number of carbonyl (C=O) groups excluding carboxylic acids is 2. The van der Waals surface area contributed by atoms with E-state index < -0.39 is 11.6 Å². The van der Waals surface area contributed by atoms with Crippen LogP contribution in [-0.2, 0) is 9.59 Å². The summed E-state index contributed by atoms with van der Waals surface area (Å²) in [6.45, 7) is 4.99. The lowest BCUT2D eigenvalue weighted by molar-refractivity contribution is -0.164. The van der Waals surface area contributed by atoms with Crippen molar-refractivity contribution in [2.75, 3.05) is 53.4 Å². The van der Waals surface area contributed by atoms with Crippen LogP contribution in [0.1, 0.15) is 44.2 Å². The van der Waals surface area contributed by atoms with Crippen molar-refractivity contribution in [1.29, 1.82) is 5.26 Å². The van der Waals surface area contributed by atoms with Gasteiger partial charge < -0.3 is 30.2 Å². The minimum Gasteiger partial charge on any atom is -0.490 e. The summed E-state index contributed by atoms with van der Waals surface area (Å²) >= 11 is 0. The van der Waals surface area contributed by atoms with Crippen LogP contribution in [-0.4, -0.2) is 106 Å². The Balaban J connectivity index is 1.45. The molecular weight excluding hydrogens is 517 g/mol. The molecule has 4 N–H and O–H groups in total. The maximum Gasteiger partial charge on any atom is 0.264 e. The van der Waals surface area contributed by atoms with Gasteiger partial charge in [0.2, 0.25) is 11.6 Å². The van der Waals surface area contributed by atoms with Gasteiger partial charge in [-0.3, -0.25) is 9.59 Å². The Morgan fingerprint density at radius 2 is 1.95 bits per heavy atom. The molecule has 4 heterocycles. The van der Waals surface area contributed by atoms with Gasteiger partial charge in [0.25, 0.3) is 5.91 Å². The van der Waals surface area contributed by atoms with Gasteiger partial charge in [-0.25, -0.2) is 14.7 Å². The Kier molecular flexibility index (Phi) is 8.51. The molecule has 2 aliphatic heterocycles. The Labute approximate surface area is 233 Å². The van der Waals surface area contributed by atoms with E-state index in [1.165, 1.54) is 16.0 Å². The van der Waals surface area contributed by atoms with Gasteiger partial charge in [0.1, 0.15) is 29.5 Å². The van der Waals surface area contributed by atoms with Crippen LogP contribution in [0.3, 0.4) is 0 Å². The summed E-state index contributed by atoms with van der Waals surface area (Å²) in [6.07, 6.45) is 4.60. The number of fused-ring (bicyclic) bond motifs is 1. The normalized spacial score (nSPS) is 17.9. The highest BCUT2D eigenvalue weighted by Gasteiger charge is 2.53. The second-order valence-corrected chi connectivity index (χ2v) is 10.7. The Hall–Kier alpha value is -3.89. The number of nitrogens with two attached hydrogens (primary N) is 2. The molecule has 0 unspecified atom stereocenters. The summed E-state index contributed by atoms with van der Waals surface area (Å²) in [7, 11) is 3.89. The molecule has 0 saturated carbocycles. The number of amides is 2. The number of nitriles is 1. The Bertz CT molecular complexity index is 1330. The Morgan fingerprint density at radius 1 is 1.27 bits per heavy atom. The minimum atomic E-state index is -2.01. The third-order valence-electron chi connectivity index (χ3n) is 7.65. The zero-order valence-corrected chi connectivity index (χ0v) is 23.6. The van der Waals surface area contributed by atoms with Crippen molar-refractivity contribution in [3.63, 3.8) is 0 Å². The molecule has 0 bridgehead atoms. The lowest BCUT2D eigenvalue weighted by atomic mass is 9.92. The van der Waals surface area contributed by atoms with Gasteiger partial charge in [0.15, 0.2) is 0 Å². The standard InChI is InChI=1S/C27H38FN9O3/c1-5-23(38)35-16-27(28,17-35)26(39)34-8-6-21(7-9-34)37(31)18(2)24(30)19-12-22(40-11-10-33(3)4)25-20(13-29)14-32-36(25)15-19/h12,14-15,21H,5-11,16-17,30-31H2,1-4H3/b24-18-. The van der Waals surface area contributed by atoms with E-state index in [0.717, 1.165) is 0 Å². The molecule has 0 atom stereocenters. The summed E-state index contributed by atoms with van der Waals surface area (Å²) in [5.74, 6) is 6.29. The molecule has 2 aromatic heterocycles. The molecule has 2 saturated heterocycles. The number of alkyl halides is 1. The van der Waals surface area contributed by atoms with Crippen LogP contribution in [0, 0.1) is 11.3 Å². The van der Waals surface area contributed by atoms with Crippen molar-refractivity contribution in [3.8, 4) is 11.8 Å². The highest BCUT2D eigenvalue weighted by molar-refractivity contribution is 5.90. The maximum absolute atomic E-state index is 15.1. The summed E-state index contributed by atoms with van der Waals surface area (Å²) < 4.78 is 22.7. The molecule has 2 aliphatic rings. The van der Waals surface area contributed by atoms with Crippen molar-refractivity contribution >= 4 is 23.0 Å². The summed E-state index contributed by atoms with van der Waals surface area (Å²) in [4.78, 5) is 29.5. The van der Waals surface area contributed by atoms with E-state index >= 15 is 4.39 Å². The first-order valence-corrected chi connectivity index (χ1v) is 13.4. The number of carbonyl (C=O) groups is 2. The van der Waals surface area contributed by atoms with Crippen LogP contribution in [0.5, 0.6) is 5.75 Å². The highest BCUT2D eigenvalue weighted by Crippen LogP contribution is 2.31. The van der Waals surface area contributed by atoms with E-state index in [9.17, 15) is 14.9 Å². The molecule has 0 aromatic carbocycles. The number of hydrazine groups is 1. The molecule has 4 rings (SSSR count). The van der Waals surface area contributed by atoms with E-state index in [4.69, 9.17) is 16.3 Å². The molecule has 0 spiro atoms. The van der Waals surface area contributed by atoms with Crippen molar-refractivity contribution in [1.82, 2.24) is 29.3 Å². The quantitative estimate of drug-likeness (QED) is 0.340. The fourth-order valence-electron chi connectivity index (χ4n) is 5.11. The zero-order valence-electron chi connectivity index (χ0n) is 23.6. The molecular formula is C27H38FN9O3. The van der Waals surface area contributed by atoms with Gasteiger partial charge in [-0.1, -0.05) is 6.92 Å². The molecule has 13 heteroatoms. The molecule has 40 heavy (non-hydrogen) atoms. The fraction of sp³-hybridized carbons (Fsp3) is 0.556. The van der Waals surface area contributed by atoms with Crippen LogP contribution >= 0.6 is 0 Å². The number of piperidine rings is 1. The van der Waals surface area contributed by atoms with Crippen LogP contribution in [0.15, 0.2) is 24.2 Å². The lowest BCUT2D eigenvalue weighted by Gasteiger charge is -2.46. The molecule has 0 aliphatic carbocycles. The van der Waals surface area contributed by atoms with E-state index in [0.29, 0.717) is 79.3 Å². The smallest absolute Gasteiger partial charge is 0.264 e. The van der Waals surface area contributed by atoms with Crippen molar-refractivity contribution < 1.29 is 18.7 Å². The predicted molar refractivity (Wildman–Crippen MR) is 147 cm³/mol. The van der Waals surface area contributed by atoms with Gasteiger partial charge >= 0.3 is 0 Å². The minimum absolute atomic E-state index is 0.104. The highest BCUT2D eigenvalue weighted by atomic mass is 19.1. The van der Waals surface area contributed by atoms with E-state index in [1.54, 1.807) is 28.7 Å². The first-order chi connectivity index (χ1) is 19.0. The van der Waals surface area contributed by atoms with Crippen LogP contribution in [0.2, 0.25) is 0 Å². The number of ether oxygens (including phenoxy) is 1. The number of pyridine rings is 1. The monoisotopic (exact) mass is 555 g/mol. The van der Waals surface area contributed by atoms with Gasteiger partial charge in [-0.15, -0.1) is 0 Å². The largest absolute Gasteiger partial charge is 0.490 e. The van der Waals surface area contributed by atoms with Gasteiger partial charge in [-0.2, -0.15) is 10.4 Å². The average molecular weight is 556 g/mol. The van der Waals surface area contributed by atoms with Crippen molar-refractivity contribution in [3.05, 3.63) is 35.3 Å². The van der Waals surface area contributed by atoms with Gasteiger partial charge in [0.05, 0.1) is 25.0 Å². The molecule has 2 aromatic rings. The van der Waals surface area contributed by atoms with Crippen molar-refractivity contribution in [2.24, 2.45) is 11.6 Å². The number of rotatable bonds is 9. The lowest BCUT2D eigenvalue weighted by Crippen LogP contribution is -2.68. The Morgan fingerprint density at radius 3 is 2.55 bits per heavy atom. The third-order valence-corrected chi connectivity index (χ3v) is 7.65. The van der Waals surface area contributed by atoms with E-state index in [2.05, 4.69) is 11.2 Å². The fourth-order valence-corrected chi connectivity index (χ4v) is 5.11. The summed E-state index contributed by atoms with van der Waals surface area (Å²) in [5.41, 5.74) is 7.21. The first kappa shape index (κ1) is 29.1. The van der Waals surface area contributed by atoms with Crippen molar-refractivity contribution in [2.45, 2.75) is 44.8 Å². The number of aromatic nitrogens is 2. The van der Waals surface area contributed by atoms with Crippen LogP contribution in [0.25, 0.3) is 11.2 Å². The number of likely N-dealkylation sites (tertiary alicyclic amines) is 2. The number of likely N-dealkylation sites (N-methyl/N-ethyl adjacent to an activating group) is 1. The first-order valence-electron chi connectivity index (χ1n) is 13.4. The number of halogens is 1. The second-order valence-electron chi connectivity index (χ2n) is 10.7. The number of allylic oxidation sites excluding steroid dienone is 1. The van der Waals surface area contributed by atoms with Crippen LogP contribution in [0.4, 0.5) is 4.39 Å². The maximum atomic E-state index is 15.1. The van der Waals surface area contributed by atoms with Gasteiger partial charge in [-0.05, 0) is 39.9 Å². The second kappa shape index (κ2) is 11.7. The zero-order chi connectivity index (χ0) is 29.2. The van der Waals surface area contributed by atoms with Gasteiger partial charge in [0, 0.05) is 49.6 Å².